The Balaban J connectivity index is 1.62. The Morgan fingerprint density at radius 3 is 3.05 bits per heavy atom. The number of nitrogens with two attached hydrogens (primary N) is 1. The van der Waals surface area contributed by atoms with Crippen molar-refractivity contribution in [3.8, 4) is 0 Å². The molecule has 0 aliphatic carbocycles. The molecule has 0 aliphatic heterocycles. The highest BCUT2D eigenvalue weighted by Crippen LogP contribution is 2.30. The lowest BCUT2D eigenvalue weighted by molar-refractivity contribution is -0.113. The monoisotopic (exact) mass is 350 g/mol. The predicted octanol–water partition coefficient (Wildman–Crippen LogP) is 3.66. The van der Waals surface area contributed by atoms with Crippen LogP contribution in [-0.2, 0) is 4.79 Å². The topological polar surface area (TPSA) is 80.9 Å². The number of carbonyl (C=O) groups is 1. The lowest BCUT2D eigenvalue weighted by Crippen LogP contribution is -2.14. The SMILES string of the molecule is Nc1ccc2nc(SCC(=O)Nc3cc(Cl)ccn3)sc2c1. The molecule has 0 saturated carbocycles. The molecule has 0 saturated heterocycles. The van der Waals surface area contributed by atoms with E-state index in [9.17, 15) is 4.79 Å². The predicted molar refractivity (Wildman–Crippen MR) is 92.6 cm³/mol. The summed E-state index contributed by atoms with van der Waals surface area (Å²) in [6.45, 7) is 0. The lowest BCUT2D eigenvalue weighted by Gasteiger charge is -2.03. The number of thiazole rings is 1. The number of benzene rings is 1. The molecule has 3 rings (SSSR count). The van der Waals surface area contributed by atoms with Crippen LogP contribution in [0.2, 0.25) is 5.02 Å². The Morgan fingerprint density at radius 2 is 2.23 bits per heavy atom. The fourth-order valence-corrected chi connectivity index (χ4v) is 3.84. The number of halogens is 1. The Labute approximate surface area is 139 Å². The summed E-state index contributed by atoms with van der Waals surface area (Å²) in [7, 11) is 0. The van der Waals surface area contributed by atoms with Crippen molar-refractivity contribution in [3.05, 3.63) is 41.6 Å². The van der Waals surface area contributed by atoms with Gasteiger partial charge in [-0.3, -0.25) is 4.79 Å². The summed E-state index contributed by atoms with van der Waals surface area (Å²) in [6.07, 6.45) is 1.54. The van der Waals surface area contributed by atoms with Gasteiger partial charge in [0, 0.05) is 16.9 Å². The van der Waals surface area contributed by atoms with E-state index >= 15 is 0 Å². The van der Waals surface area contributed by atoms with Crippen LogP contribution in [0.4, 0.5) is 11.5 Å². The highest BCUT2D eigenvalue weighted by molar-refractivity contribution is 8.01. The van der Waals surface area contributed by atoms with Gasteiger partial charge in [-0.05, 0) is 30.3 Å². The number of nitrogens with zero attached hydrogens (tertiary/aromatic N) is 2. The maximum atomic E-state index is 11.9. The summed E-state index contributed by atoms with van der Waals surface area (Å²) >= 11 is 8.74. The van der Waals surface area contributed by atoms with Gasteiger partial charge >= 0.3 is 0 Å². The zero-order valence-corrected chi connectivity index (χ0v) is 13.6. The Bertz CT molecular complexity index is 837. The number of rotatable bonds is 4. The molecule has 0 bridgehead atoms. The molecule has 2 heterocycles. The number of carbonyl (C=O) groups excluding carboxylic acids is 1. The number of hydrogen-bond donors (Lipinski definition) is 2. The summed E-state index contributed by atoms with van der Waals surface area (Å²) < 4.78 is 1.84. The molecule has 22 heavy (non-hydrogen) atoms. The quantitative estimate of drug-likeness (QED) is 0.554. The van der Waals surface area contributed by atoms with Crippen molar-refractivity contribution in [2.45, 2.75) is 4.34 Å². The summed E-state index contributed by atoms with van der Waals surface area (Å²) in [4.78, 5) is 20.4. The molecule has 1 amide bonds. The first-order valence-electron chi connectivity index (χ1n) is 6.30. The fourth-order valence-electron chi connectivity index (χ4n) is 1.76. The second kappa shape index (κ2) is 6.51. The minimum Gasteiger partial charge on any atom is -0.399 e. The number of fused-ring (bicyclic) bond motifs is 1. The van der Waals surface area contributed by atoms with Gasteiger partial charge in [0.2, 0.25) is 5.91 Å². The number of thioether (sulfide) groups is 1. The van der Waals surface area contributed by atoms with Crippen molar-refractivity contribution >= 4 is 62.3 Å². The smallest absolute Gasteiger partial charge is 0.235 e. The zero-order valence-electron chi connectivity index (χ0n) is 11.2. The molecule has 0 fully saturated rings. The number of pyridine rings is 1. The molecule has 0 radical (unpaired) electrons. The van der Waals surface area contributed by atoms with Gasteiger partial charge in [-0.2, -0.15) is 0 Å². The van der Waals surface area contributed by atoms with Crippen molar-refractivity contribution in [1.82, 2.24) is 9.97 Å². The lowest BCUT2D eigenvalue weighted by atomic mass is 10.3. The number of anilines is 2. The van der Waals surface area contributed by atoms with Gasteiger partial charge in [0.05, 0.1) is 16.0 Å². The van der Waals surface area contributed by atoms with E-state index in [4.69, 9.17) is 17.3 Å². The van der Waals surface area contributed by atoms with E-state index in [1.54, 1.807) is 18.3 Å². The Kier molecular flexibility index (Phi) is 4.47. The standard InChI is InChI=1S/C14H11ClN4OS2/c15-8-3-4-17-12(5-8)19-13(20)7-21-14-18-10-2-1-9(16)6-11(10)22-14/h1-6H,7,16H2,(H,17,19,20). The molecule has 0 aliphatic rings. The molecular weight excluding hydrogens is 340 g/mol. The summed E-state index contributed by atoms with van der Waals surface area (Å²) in [6, 6.07) is 8.83. The van der Waals surface area contributed by atoms with E-state index in [0.717, 1.165) is 14.6 Å². The van der Waals surface area contributed by atoms with E-state index in [2.05, 4.69) is 15.3 Å². The molecule has 3 N–H and O–H groups in total. The van der Waals surface area contributed by atoms with Crippen LogP contribution in [0.1, 0.15) is 0 Å². The molecule has 2 aromatic heterocycles. The van der Waals surface area contributed by atoms with Crippen LogP contribution in [0, 0.1) is 0 Å². The van der Waals surface area contributed by atoms with Crippen LogP contribution >= 0.6 is 34.7 Å². The van der Waals surface area contributed by atoms with E-state index in [1.165, 1.54) is 23.1 Å². The van der Waals surface area contributed by atoms with E-state index in [-0.39, 0.29) is 11.7 Å². The second-order valence-corrected chi connectivity index (χ2v) is 7.09. The third-order valence-corrected chi connectivity index (χ3v) is 5.11. The number of amides is 1. The third kappa shape index (κ3) is 3.68. The van der Waals surface area contributed by atoms with Gasteiger partial charge in [0.1, 0.15) is 5.82 Å². The van der Waals surface area contributed by atoms with Gasteiger partial charge < -0.3 is 11.1 Å². The number of hydrogen-bond acceptors (Lipinski definition) is 6. The van der Waals surface area contributed by atoms with Crippen LogP contribution in [0.3, 0.4) is 0 Å². The zero-order chi connectivity index (χ0) is 15.5. The number of nitrogen functional groups attached to an aromatic ring is 1. The molecule has 1 aromatic carbocycles. The van der Waals surface area contributed by atoms with Crippen LogP contribution < -0.4 is 11.1 Å². The van der Waals surface area contributed by atoms with Crippen molar-refractivity contribution in [2.75, 3.05) is 16.8 Å². The van der Waals surface area contributed by atoms with Crippen molar-refractivity contribution in [3.63, 3.8) is 0 Å². The Morgan fingerprint density at radius 1 is 1.36 bits per heavy atom. The maximum absolute atomic E-state index is 11.9. The van der Waals surface area contributed by atoms with Crippen molar-refractivity contribution < 1.29 is 4.79 Å². The normalized spacial score (nSPS) is 10.8. The van der Waals surface area contributed by atoms with Gasteiger partial charge in [-0.15, -0.1) is 11.3 Å². The van der Waals surface area contributed by atoms with Crippen LogP contribution in [0.15, 0.2) is 40.9 Å². The number of nitrogens with one attached hydrogen (secondary N) is 1. The highest BCUT2D eigenvalue weighted by Gasteiger charge is 2.09. The first-order chi connectivity index (χ1) is 10.6. The van der Waals surface area contributed by atoms with E-state index in [1.807, 2.05) is 18.2 Å². The van der Waals surface area contributed by atoms with Crippen LogP contribution in [0.5, 0.6) is 0 Å². The molecule has 3 aromatic rings. The van der Waals surface area contributed by atoms with Crippen LogP contribution in [-0.4, -0.2) is 21.6 Å². The van der Waals surface area contributed by atoms with Crippen molar-refractivity contribution in [1.29, 1.82) is 0 Å². The molecule has 112 valence electrons. The summed E-state index contributed by atoms with van der Waals surface area (Å²) in [5.41, 5.74) is 7.34. The minimum absolute atomic E-state index is 0.154. The van der Waals surface area contributed by atoms with Gasteiger partial charge in [0.15, 0.2) is 4.34 Å². The minimum atomic E-state index is -0.154. The van der Waals surface area contributed by atoms with Gasteiger partial charge in [0.25, 0.3) is 0 Å². The van der Waals surface area contributed by atoms with Gasteiger partial charge in [-0.1, -0.05) is 23.4 Å². The molecule has 0 spiro atoms. The summed E-state index contributed by atoms with van der Waals surface area (Å²) in [5, 5.41) is 3.23. The summed E-state index contributed by atoms with van der Waals surface area (Å²) in [5.74, 6) is 0.539. The first kappa shape index (κ1) is 15.1. The average molecular weight is 351 g/mol. The molecule has 8 heteroatoms. The Hall–Kier alpha value is -1.83. The molecular formula is C14H11ClN4OS2. The van der Waals surface area contributed by atoms with Crippen LogP contribution in [0.25, 0.3) is 10.2 Å². The average Bonchev–Trinajstić information content (AvgIpc) is 2.87. The van der Waals surface area contributed by atoms with Crippen molar-refractivity contribution in [2.24, 2.45) is 0 Å². The molecule has 0 unspecified atom stereocenters. The molecule has 5 nitrogen and oxygen atoms in total. The highest BCUT2D eigenvalue weighted by atomic mass is 35.5. The first-order valence-corrected chi connectivity index (χ1v) is 8.48. The fraction of sp³-hybridized carbons (Fsp3) is 0.0714. The van der Waals surface area contributed by atoms with E-state index in [0.29, 0.717) is 16.5 Å². The third-order valence-electron chi connectivity index (χ3n) is 2.71. The number of aromatic nitrogens is 2. The molecule has 0 atom stereocenters. The van der Waals surface area contributed by atoms with E-state index < -0.39 is 0 Å². The maximum Gasteiger partial charge on any atom is 0.235 e. The second-order valence-electron chi connectivity index (χ2n) is 4.40. The largest absolute Gasteiger partial charge is 0.399 e. The van der Waals surface area contributed by atoms with Gasteiger partial charge in [-0.25, -0.2) is 9.97 Å².